The zero-order valence-electron chi connectivity index (χ0n) is 13.1. The Morgan fingerprint density at radius 2 is 2.09 bits per heavy atom. The fraction of sp³-hybridized carbons (Fsp3) is 0.375. The molecule has 1 atom stereocenters. The van der Waals surface area contributed by atoms with E-state index in [1.54, 1.807) is 18.9 Å². The number of ether oxygens (including phenoxy) is 2. The van der Waals surface area contributed by atoms with E-state index in [2.05, 4.69) is 10.4 Å². The lowest BCUT2D eigenvalue weighted by Gasteiger charge is -2.25. The van der Waals surface area contributed by atoms with Crippen LogP contribution in [0.25, 0.3) is 0 Å². The Bertz CT molecular complexity index is 736. The fourth-order valence-corrected chi connectivity index (χ4v) is 3.08. The number of rotatable bonds is 3. The molecule has 1 aromatic heterocycles. The molecule has 0 bridgehead atoms. The van der Waals surface area contributed by atoms with Crippen molar-refractivity contribution in [2.75, 3.05) is 19.5 Å². The highest BCUT2D eigenvalue weighted by Gasteiger charge is 2.33. The summed E-state index contributed by atoms with van der Waals surface area (Å²) < 4.78 is 12.5. The van der Waals surface area contributed by atoms with Gasteiger partial charge in [-0.1, -0.05) is 6.07 Å². The normalized spacial score (nSPS) is 16.9. The molecular weight excluding hydrogens is 282 g/mol. The fourth-order valence-electron chi connectivity index (χ4n) is 3.08. The highest BCUT2D eigenvalue weighted by Crippen LogP contribution is 2.42. The number of benzene rings is 1. The van der Waals surface area contributed by atoms with Crippen LogP contribution in [0.3, 0.4) is 0 Å². The molecule has 3 rings (SSSR count). The molecule has 1 aliphatic rings. The van der Waals surface area contributed by atoms with Gasteiger partial charge in [-0.05, 0) is 13.0 Å². The van der Waals surface area contributed by atoms with Gasteiger partial charge in [0, 0.05) is 36.6 Å². The molecule has 0 radical (unpaired) electrons. The van der Waals surface area contributed by atoms with E-state index in [-0.39, 0.29) is 11.8 Å². The van der Waals surface area contributed by atoms with E-state index in [4.69, 9.17) is 9.47 Å². The zero-order valence-corrected chi connectivity index (χ0v) is 13.1. The first-order valence-electron chi connectivity index (χ1n) is 7.10. The third kappa shape index (κ3) is 2.20. The highest BCUT2D eigenvalue weighted by molar-refractivity contribution is 5.94. The maximum absolute atomic E-state index is 12.1. The Balaban J connectivity index is 2.15. The molecule has 0 aliphatic carbocycles. The molecule has 1 aromatic carbocycles. The maximum atomic E-state index is 12.1. The first-order valence-corrected chi connectivity index (χ1v) is 7.10. The lowest BCUT2D eigenvalue weighted by molar-refractivity contribution is -0.116. The van der Waals surface area contributed by atoms with Gasteiger partial charge in [0.25, 0.3) is 0 Å². The number of aromatic nitrogens is 2. The molecule has 1 aliphatic heterocycles. The molecule has 0 spiro atoms. The molecule has 0 unspecified atom stereocenters. The Morgan fingerprint density at radius 1 is 1.32 bits per heavy atom. The molecule has 1 N–H and O–H groups in total. The molecule has 0 saturated heterocycles. The monoisotopic (exact) mass is 301 g/mol. The van der Waals surface area contributed by atoms with Crippen LogP contribution in [-0.2, 0) is 11.8 Å². The first-order chi connectivity index (χ1) is 10.5. The minimum atomic E-state index is -0.0710. The van der Waals surface area contributed by atoms with Gasteiger partial charge in [-0.25, -0.2) is 0 Å². The number of hydrogen-bond donors (Lipinski definition) is 1. The Labute approximate surface area is 129 Å². The number of aryl methyl sites for hydroxylation is 2. The summed E-state index contributed by atoms with van der Waals surface area (Å²) in [5, 5.41) is 7.33. The van der Waals surface area contributed by atoms with E-state index in [1.807, 2.05) is 32.2 Å². The smallest absolute Gasteiger partial charge is 0.226 e. The predicted molar refractivity (Wildman–Crippen MR) is 82.6 cm³/mol. The van der Waals surface area contributed by atoms with Crippen LogP contribution in [0.5, 0.6) is 11.5 Å². The highest BCUT2D eigenvalue weighted by atomic mass is 16.5. The second-order valence-corrected chi connectivity index (χ2v) is 5.38. The number of fused-ring (bicyclic) bond motifs is 1. The number of carbonyl (C=O) groups is 1. The number of amides is 1. The average Bonchev–Trinajstić information content (AvgIpc) is 2.80. The maximum Gasteiger partial charge on any atom is 0.226 e. The van der Waals surface area contributed by atoms with E-state index in [9.17, 15) is 4.79 Å². The van der Waals surface area contributed by atoms with Crippen molar-refractivity contribution in [2.24, 2.45) is 7.05 Å². The summed E-state index contributed by atoms with van der Waals surface area (Å²) in [7, 11) is 5.07. The molecule has 6 nitrogen and oxygen atoms in total. The van der Waals surface area contributed by atoms with Crippen molar-refractivity contribution < 1.29 is 14.3 Å². The van der Waals surface area contributed by atoms with Crippen molar-refractivity contribution in [1.82, 2.24) is 9.78 Å². The van der Waals surface area contributed by atoms with Crippen LogP contribution in [0, 0.1) is 6.92 Å². The van der Waals surface area contributed by atoms with E-state index in [1.165, 1.54) is 0 Å². The zero-order chi connectivity index (χ0) is 15.9. The summed E-state index contributed by atoms with van der Waals surface area (Å²) in [5.41, 5.74) is 2.93. The van der Waals surface area contributed by atoms with Crippen molar-refractivity contribution in [3.63, 3.8) is 0 Å². The van der Waals surface area contributed by atoms with Crippen LogP contribution in [0.4, 0.5) is 5.82 Å². The molecule has 2 heterocycles. The van der Waals surface area contributed by atoms with Gasteiger partial charge in [0.05, 0.1) is 19.9 Å². The summed E-state index contributed by atoms with van der Waals surface area (Å²) in [6.07, 6.45) is 0.377. The molecule has 2 aromatic rings. The van der Waals surface area contributed by atoms with Crippen LogP contribution < -0.4 is 14.8 Å². The van der Waals surface area contributed by atoms with Gasteiger partial charge in [0.1, 0.15) is 17.3 Å². The number of nitrogens with one attached hydrogen (secondary N) is 1. The molecule has 116 valence electrons. The number of nitrogens with zero attached hydrogens (tertiary/aromatic N) is 2. The summed E-state index contributed by atoms with van der Waals surface area (Å²) >= 11 is 0. The quantitative estimate of drug-likeness (QED) is 0.944. The van der Waals surface area contributed by atoms with Crippen LogP contribution in [0.2, 0.25) is 0 Å². The molecule has 1 amide bonds. The summed E-state index contributed by atoms with van der Waals surface area (Å²) in [6.45, 7) is 1.96. The molecular formula is C16H19N3O3. The van der Waals surface area contributed by atoms with Crippen LogP contribution in [0.15, 0.2) is 18.2 Å². The van der Waals surface area contributed by atoms with E-state index in [0.29, 0.717) is 12.2 Å². The minimum Gasteiger partial charge on any atom is -0.497 e. The van der Waals surface area contributed by atoms with Gasteiger partial charge in [-0.15, -0.1) is 0 Å². The minimum absolute atomic E-state index is 0.0154. The first kappa shape index (κ1) is 14.4. The van der Waals surface area contributed by atoms with E-state index >= 15 is 0 Å². The molecule has 0 fully saturated rings. The number of hydrogen-bond acceptors (Lipinski definition) is 4. The van der Waals surface area contributed by atoms with Gasteiger partial charge in [-0.3, -0.25) is 9.48 Å². The predicted octanol–water partition coefficient (Wildman–Crippen LogP) is 2.22. The van der Waals surface area contributed by atoms with Crippen molar-refractivity contribution in [1.29, 1.82) is 0 Å². The second kappa shape index (κ2) is 5.36. The van der Waals surface area contributed by atoms with Crippen LogP contribution in [-0.4, -0.2) is 29.9 Å². The Kier molecular flexibility index (Phi) is 3.52. The second-order valence-electron chi connectivity index (χ2n) is 5.38. The third-order valence-electron chi connectivity index (χ3n) is 4.08. The van der Waals surface area contributed by atoms with Crippen molar-refractivity contribution >= 4 is 11.7 Å². The number of methoxy groups -OCH3 is 2. The van der Waals surface area contributed by atoms with Crippen LogP contribution >= 0.6 is 0 Å². The lowest BCUT2D eigenvalue weighted by Crippen LogP contribution is -2.25. The largest absolute Gasteiger partial charge is 0.497 e. The average molecular weight is 301 g/mol. The van der Waals surface area contributed by atoms with Gasteiger partial charge < -0.3 is 14.8 Å². The summed E-state index contributed by atoms with van der Waals surface area (Å²) in [6, 6.07) is 5.68. The Morgan fingerprint density at radius 3 is 2.77 bits per heavy atom. The van der Waals surface area contributed by atoms with Crippen molar-refractivity contribution in [3.05, 3.63) is 35.0 Å². The van der Waals surface area contributed by atoms with Gasteiger partial charge >= 0.3 is 0 Å². The lowest BCUT2D eigenvalue weighted by atomic mass is 9.85. The molecule has 6 heteroatoms. The van der Waals surface area contributed by atoms with Crippen molar-refractivity contribution in [2.45, 2.75) is 19.3 Å². The molecule has 22 heavy (non-hydrogen) atoms. The number of carbonyl (C=O) groups excluding carboxylic acids is 1. The molecule has 0 saturated carbocycles. The van der Waals surface area contributed by atoms with E-state index in [0.717, 1.165) is 28.4 Å². The van der Waals surface area contributed by atoms with Gasteiger partial charge in [0.15, 0.2) is 0 Å². The Hall–Kier alpha value is -2.50. The SMILES string of the molecule is COc1ccc([C@H]2CC(=O)Nc3c2c(C)nn3C)c(OC)c1. The third-order valence-corrected chi connectivity index (χ3v) is 4.08. The van der Waals surface area contributed by atoms with E-state index < -0.39 is 0 Å². The standard InChI is InChI=1S/C16H19N3O3/c1-9-15-12(8-14(20)17-16(15)19(2)18-9)11-6-5-10(21-3)7-13(11)22-4/h5-7,12H,8H2,1-4H3,(H,17,20)/t12-/m1/s1. The summed E-state index contributed by atoms with van der Waals surface area (Å²) in [4.78, 5) is 12.1. The number of anilines is 1. The van der Waals surface area contributed by atoms with Gasteiger partial charge in [-0.2, -0.15) is 5.10 Å². The van der Waals surface area contributed by atoms with Crippen molar-refractivity contribution in [3.8, 4) is 11.5 Å². The van der Waals surface area contributed by atoms with Crippen LogP contribution in [0.1, 0.15) is 29.2 Å². The summed E-state index contributed by atoms with van der Waals surface area (Å²) in [5.74, 6) is 2.12. The topological polar surface area (TPSA) is 65.4 Å². The van der Waals surface area contributed by atoms with Gasteiger partial charge in [0.2, 0.25) is 5.91 Å².